The highest BCUT2D eigenvalue weighted by Gasteiger charge is 2.32. The molecule has 2 aromatic rings. The third-order valence-electron chi connectivity index (χ3n) is 2.82. The third kappa shape index (κ3) is 4.12. The Hall–Kier alpha value is -1.72. The van der Waals surface area contributed by atoms with Crippen molar-refractivity contribution in [2.45, 2.75) is 12.9 Å². The number of benzene rings is 2. The lowest BCUT2D eigenvalue weighted by molar-refractivity contribution is -0.274. The van der Waals surface area contributed by atoms with Crippen LogP contribution in [0, 0.1) is 0 Å². The second-order valence-electron chi connectivity index (χ2n) is 4.39. The molecule has 112 valence electrons. The highest BCUT2D eigenvalue weighted by Crippen LogP contribution is 2.37. The van der Waals surface area contributed by atoms with Crippen LogP contribution in [-0.4, -0.2) is 13.4 Å². The van der Waals surface area contributed by atoms with Gasteiger partial charge in [-0.15, -0.1) is 13.2 Å². The van der Waals surface area contributed by atoms with E-state index < -0.39 is 6.36 Å². The van der Waals surface area contributed by atoms with Crippen molar-refractivity contribution in [1.82, 2.24) is 5.32 Å². The van der Waals surface area contributed by atoms with Gasteiger partial charge in [0.15, 0.2) is 0 Å². The SMILES string of the molecule is CNCc1ccc(-c2ccccc2OC(F)(F)F)c(Cl)c1. The topological polar surface area (TPSA) is 21.3 Å². The fraction of sp³-hybridized carbons (Fsp3) is 0.200. The summed E-state index contributed by atoms with van der Waals surface area (Å²) in [6, 6.07) is 11.1. The third-order valence-corrected chi connectivity index (χ3v) is 3.13. The van der Waals surface area contributed by atoms with Gasteiger partial charge in [-0.2, -0.15) is 0 Å². The van der Waals surface area contributed by atoms with Gasteiger partial charge in [0.25, 0.3) is 0 Å². The van der Waals surface area contributed by atoms with Crippen LogP contribution in [0.4, 0.5) is 13.2 Å². The van der Waals surface area contributed by atoms with Crippen LogP contribution in [0.15, 0.2) is 42.5 Å². The molecule has 0 amide bonds. The van der Waals surface area contributed by atoms with Gasteiger partial charge in [-0.05, 0) is 24.7 Å². The predicted octanol–water partition coefficient (Wildman–Crippen LogP) is 4.63. The highest BCUT2D eigenvalue weighted by atomic mass is 35.5. The Labute approximate surface area is 125 Å². The molecule has 6 heteroatoms. The van der Waals surface area contributed by atoms with Gasteiger partial charge in [0.2, 0.25) is 0 Å². The molecule has 2 nitrogen and oxygen atoms in total. The molecule has 0 bridgehead atoms. The van der Waals surface area contributed by atoms with Gasteiger partial charge in [-0.1, -0.05) is 41.9 Å². The fourth-order valence-electron chi connectivity index (χ4n) is 1.99. The molecule has 2 aromatic carbocycles. The van der Waals surface area contributed by atoms with Crippen molar-refractivity contribution in [2.75, 3.05) is 7.05 Å². The second kappa shape index (κ2) is 6.37. The minimum absolute atomic E-state index is 0.270. The van der Waals surface area contributed by atoms with Crippen molar-refractivity contribution in [1.29, 1.82) is 0 Å². The lowest BCUT2D eigenvalue weighted by Crippen LogP contribution is -2.17. The van der Waals surface area contributed by atoms with Gasteiger partial charge in [0.1, 0.15) is 5.75 Å². The van der Waals surface area contributed by atoms with Gasteiger partial charge in [-0.3, -0.25) is 0 Å². The van der Waals surface area contributed by atoms with Crippen molar-refractivity contribution in [3.8, 4) is 16.9 Å². The molecular formula is C15H13ClF3NO. The zero-order valence-electron chi connectivity index (χ0n) is 11.2. The molecule has 0 spiro atoms. The summed E-state index contributed by atoms with van der Waals surface area (Å²) in [5.41, 5.74) is 1.74. The van der Waals surface area contributed by atoms with Gasteiger partial charge >= 0.3 is 6.36 Å². The van der Waals surface area contributed by atoms with Crippen molar-refractivity contribution in [2.24, 2.45) is 0 Å². The van der Waals surface area contributed by atoms with E-state index in [1.54, 1.807) is 31.3 Å². The van der Waals surface area contributed by atoms with Crippen LogP contribution in [-0.2, 0) is 6.54 Å². The summed E-state index contributed by atoms with van der Waals surface area (Å²) in [5.74, 6) is -0.270. The van der Waals surface area contributed by atoms with E-state index >= 15 is 0 Å². The molecule has 0 aliphatic rings. The maximum Gasteiger partial charge on any atom is 0.573 e. The molecule has 0 aliphatic heterocycles. The molecular weight excluding hydrogens is 303 g/mol. The zero-order chi connectivity index (χ0) is 15.5. The quantitative estimate of drug-likeness (QED) is 0.888. The minimum Gasteiger partial charge on any atom is -0.405 e. The normalized spacial score (nSPS) is 11.5. The van der Waals surface area contributed by atoms with Crippen LogP contribution >= 0.6 is 11.6 Å². The Bertz CT molecular complexity index is 629. The van der Waals surface area contributed by atoms with Gasteiger partial charge in [0, 0.05) is 22.7 Å². The van der Waals surface area contributed by atoms with Gasteiger partial charge in [0.05, 0.1) is 0 Å². The summed E-state index contributed by atoms with van der Waals surface area (Å²) >= 11 is 6.18. The zero-order valence-corrected chi connectivity index (χ0v) is 11.9. The lowest BCUT2D eigenvalue weighted by atomic mass is 10.0. The Morgan fingerprint density at radius 3 is 2.43 bits per heavy atom. The molecule has 0 unspecified atom stereocenters. The van der Waals surface area contributed by atoms with Crippen molar-refractivity contribution in [3.05, 3.63) is 53.1 Å². The van der Waals surface area contributed by atoms with Crippen molar-refractivity contribution >= 4 is 11.6 Å². The second-order valence-corrected chi connectivity index (χ2v) is 4.80. The first-order valence-corrected chi connectivity index (χ1v) is 6.56. The van der Waals surface area contributed by atoms with Crippen LogP contribution in [0.2, 0.25) is 5.02 Å². The van der Waals surface area contributed by atoms with E-state index in [1.807, 2.05) is 6.07 Å². The molecule has 21 heavy (non-hydrogen) atoms. The van der Waals surface area contributed by atoms with Crippen molar-refractivity contribution in [3.63, 3.8) is 0 Å². The van der Waals surface area contributed by atoms with E-state index in [-0.39, 0.29) is 5.75 Å². The molecule has 2 rings (SSSR count). The fourth-order valence-corrected chi connectivity index (χ4v) is 2.30. The molecule has 0 saturated heterocycles. The maximum absolute atomic E-state index is 12.4. The molecule has 0 fully saturated rings. The molecule has 0 aliphatic carbocycles. The monoisotopic (exact) mass is 315 g/mol. The first-order valence-electron chi connectivity index (χ1n) is 6.19. The lowest BCUT2D eigenvalue weighted by Gasteiger charge is -2.14. The van der Waals surface area contributed by atoms with Gasteiger partial charge in [-0.25, -0.2) is 0 Å². The van der Waals surface area contributed by atoms with E-state index in [2.05, 4.69) is 10.1 Å². The van der Waals surface area contributed by atoms with Crippen LogP contribution in [0.3, 0.4) is 0 Å². The van der Waals surface area contributed by atoms with Crippen LogP contribution in [0.5, 0.6) is 5.75 Å². The Morgan fingerprint density at radius 2 is 1.81 bits per heavy atom. The Morgan fingerprint density at radius 1 is 1.10 bits per heavy atom. The molecule has 0 aromatic heterocycles. The van der Waals surface area contributed by atoms with Gasteiger partial charge < -0.3 is 10.1 Å². The number of hydrogen-bond acceptors (Lipinski definition) is 2. The van der Waals surface area contributed by atoms with E-state index in [1.165, 1.54) is 12.1 Å². The number of para-hydroxylation sites is 1. The average Bonchev–Trinajstić information content (AvgIpc) is 2.39. The number of halogens is 4. The molecule has 0 atom stereocenters. The molecule has 0 radical (unpaired) electrons. The largest absolute Gasteiger partial charge is 0.573 e. The summed E-state index contributed by atoms with van der Waals surface area (Å²) in [6.45, 7) is 0.626. The van der Waals surface area contributed by atoms with Crippen molar-refractivity contribution < 1.29 is 17.9 Å². The first-order chi connectivity index (χ1) is 9.90. The number of alkyl halides is 3. The summed E-state index contributed by atoms with van der Waals surface area (Å²) < 4.78 is 41.4. The van der Waals surface area contributed by atoms with E-state index in [4.69, 9.17) is 11.6 Å². The smallest absolute Gasteiger partial charge is 0.405 e. The number of ether oxygens (including phenoxy) is 1. The first kappa shape index (κ1) is 15.7. The molecule has 1 N–H and O–H groups in total. The number of rotatable bonds is 4. The number of hydrogen-bond donors (Lipinski definition) is 1. The molecule has 0 saturated carbocycles. The predicted molar refractivity (Wildman–Crippen MR) is 76.3 cm³/mol. The van der Waals surface area contributed by atoms with Crippen LogP contribution in [0.25, 0.3) is 11.1 Å². The van der Waals surface area contributed by atoms with E-state index in [0.29, 0.717) is 22.7 Å². The van der Waals surface area contributed by atoms with Crippen LogP contribution in [0.1, 0.15) is 5.56 Å². The van der Waals surface area contributed by atoms with E-state index in [0.717, 1.165) is 5.56 Å². The summed E-state index contributed by atoms with van der Waals surface area (Å²) in [5, 5.41) is 3.36. The Kier molecular flexibility index (Phi) is 4.75. The maximum atomic E-state index is 12.4. The van der Waals surface area contributed by atoms with Crippen LogP contribution < -0.4 is 10.1 Å². The Balaban J connectivity index is 2.42. The summed E-state index contributed by atoms with van der Waals surface area (Å²) in [6.07, 6.45) is -4.74. The summed E-state index contributed by atoms with van der Waals surface area (Å²) in [7, 11) is 1.80. The number of nitrogens with one attached hydrogen (secondary N) is 1. The molecule has 0 heterocycles. The minimum atomic E-state index is -4.74. The standard InChI is InChI=1S/C15H13ClF3NO/c1-20-9-10-6-7-11(13(16)8-10)12-4-2-3-5-14(12)21-15(17,18)19/h2-8,20H,9H2,1H3. The highest BCUT2D eigenvalue weighted by molar-refractivity contribution is 6.33. The average molecular weight is 316 g/mol. The summed E-state index contributed by atoms with van der Waals surface area (Å²) in [4.78, 5) is 0. The van der Waals surface area contributed by atoms with E-state index in [9.17, 15) is 13.2 Å².